The minimum atomic E-state index is -0.0191. The van der Waals surface area contributed by atoms with Crippen molar-refractivity contribution in [3.8, 4) is 0 Å². The van der Waals surface area contributed by atoms with Gasteiger partial charge in [-0.3, -0.25) is 4.79 Å². The summed E-state index contributed by atoms with van der Waals surface area (Å²) in [6.45, 7) is 4.33. The second-order valence-corrected chi connectivity index (χ2v) is 3.80. The third-order valence-corrected chi connectivity index (χ3v) is 2.01. The van der Waals surface area contributed by atoms with Crippen LogP contribution >= 0.6 is 0 Å². The van der Waals surface area contributed by atoms with E-state index in [1.54, 1.807) is 21.2 Å². The zero-order valence-corrected chi connectivity index (χ0v) is 11.2. The Kier molecular flexibility index (Phi) is 9.14. The van der Waals surface area contributed by atoms with E-state index in [0.717, 1.165) is 13.0 Å². The molecule has 0 rings (SSSR count). The van der Waals surface area contributed by atoms with E-state index >= 15 is 0 Å². The molecule has 0 aromatic heterocycles. The number of methoxy groups -OCH3 is 1. The molecule has 0 aliphatic rings. The van der Waals surface area contributed by atoms with Gasteiger partial charge in [-0.15, -0.1) is 0 Å². The highest BCUT2D eigenvalue weighted by molar-refractivity contribution is 5.84. The monoisotopic (exact) mass is 244 g/mol. The van der Waals surface area contributed by atoms with Crippen molar-refractivity contribution in [2.75, 3.05) is 47.4 Å². The van der Waals surface area contributed by atoms with E-state index < -0.39 is 0 Å². The largest absolute Gasteiger partial charge is 0.383 e. The summed E-state index contributed by atoms with van der Waals surface area (Å²) in [5.74, 6) is 0.633. The van der Waals surface area contributed by atoms with Crippen LogP contribution in [-0.4, -0.2) is 64.2 Å². The Hall–Kier alpha value is -1.30. The predicted molar refractivity (Wildman–Crippen MR) is 69.2 cm³/mol. The van der Waals surface area contributed by atoms with E-state index in [9.17, 15) is 4.79 Å². The first-order valence-corrected chi connectivity index (χ1v) is 5.83. The molecule has 0 aromatic carbocycles. The highest BCUT2D eigenvalue weighted by atomic mass is 16.5. The Bertz CT molecular complexity index is 242. The molecule has 0 atom stereocenters. The van der Waals surface area contributed by atoms with Gasteiger partial charge in [-0.2, -0.15) is 0 Å². The van der Waals surface area contributed by atoms with Crippen LogP contribution in [0, 0.1) is 0 Å². The molecule has 0 saturated carbocycles. The first-order chi connectivity index (χ1) is 8.11. The van der Waals surface area contributed by atoms with Gasteiger partial charge in [-0.25, -0.2) is 4.99 Å². The van der Waals surface area contributed by atoms with Gasteiger partial charge in [0.25, 0.3) is 0 Å². The van der Waals surface area contributed by atoms with Crippen LogP contribution in [0.15, 0.2) is 4.99 Å². The fraction of sp³-hybridized carbons (Fsp3) is 0.818. The van der Waals surface area contributed by atoms with Gasteiger partial charge in [-0.1, -0.05) is 6.92 Å². The number of nitrogens with one attached hydrogen (secondary N) is 2. The minimum Gasteiger partial charge on any atom is -0.383 e. The van der Waals surface area contributed by atoms with Crippen molar-refractivity contribution >= 4 is 11.9 Å². The quantitative estimate of drug-likeness (QED) is 0.365. The van der Waals surface area contributed by atoms with E-state index in [0.29, 0.717) is 19.1 Å². The average molecular weight is 244 g/mol. The molecule has 0 fully saturated rings. The molecule has 0 aliphatic carbocycles. The van der Waals surface area contributed by atoms with E-state index in [2.05, 4.69) is 22.5 Å². The molecule has 6 nitrogen and oxygen atoms in total. The molecule has 0 spiro atoms. The van der Waals surface area contributed by atoms with Crippen LogP contribution in [0.3, 0.4) is 0 Å². The van der Waals surface area contributed by atoms with Crippen LogP contribution < -0.4 is 10.6 Å². The Morgan fingerprint density at radius 1 is 1.29 bits per heavy atom. The number of nitrogens with zero attached hydrogens (tertiary/aromatic N) is 2. The first kappa shape index (κ1) is 15.7. The first-order valence-electron chi connectivity index (χ1n) is 5.83. The molecule has 0 aromatic rings. The van der Waals surface area contributed by atoms with Crippen molar-refractivity contribution in [3.05, 3.63) is 0 Å². The Morgan fingerprint density at radius 3 is 2.47 bits per heavy atom. The van der Waals surface area contributed by atoms with Gasteiger partial charge in [0.15, 0.2) is 5.96 Å². The van der Waals surface area contributed by atoms with Gasteiger partial charge in [-0.05, 0) is 6.42 Å². The third kappa shape index (κ3) is 8.50. The number of likely N-dealkylation sites (N-methyl/N-ethyl adjacent to an activating group) is 1. The minimum absolute atomic E-state index is 0.0191. The van der Waals surface area contributed by atoms with Gasteiger partial charge in [0, 0.05) is 34.3 Å². The summed E-state index contributed by atoms with van der Waals surface area (Å²) in [7, 11) is 5.08. The number of ether oxygens (including phenoxy) is 1. The summed E-state index contributed by atoms with van der Waals surface area (Å²) >= 11 is 0. The summed E-state index contributed by atoms with van der Waals surface area (Å²) in [6, 6.07) is 0. The molecule has 0 saturated heterocycles. The topological polar surface area (TPSA) is 66.0 Å². The van der Waals surface area contributed by atoms with Crippen LogP contribution in [0.4, 0.5) is 0 Å². The maximum Gasteiger partial charge on any atom is 0.243 e. The normalized spacial score (nSPS) is 11.2. The number of hydrogen-bond acceptors (Lipinski definition) is 3. The Morgan fingerprint density at radius 2 is 1.94 bits per heavy atom. The highest BCUT2D eigenvalue weighted by Crippen LogP contribution is 1.82. The van der Waals surface area contributed by atoms with Crippen molar-refractivity contribution in [1.82, 2.24) is 15.5 Å². The molecule has 0 radical (unpaired) electrons. The van der Waals surface area contributed by atoms with E-state index in [1.165, 1.54) is 4.90 Å². The summed E-state index contributed by atoms with van der Waals surface area (Å²) < 4.78 is 4.94. The van der Waals surface area contributed by atoms with Crippen LogP contribution in [0.2, 0.25) is 0 Å². The third-order valence-electron chi connectivity index (χ3n) is 2.01. The lowest BCUT2D eigenvalue weighted by Crippen LogP contribution is -2.40. The number of rotatable bonds is 7. The van der Waals surface area contributed by atoms with Crippen molar-refractivity contribution in [1.29, 1.82) is 0 Å². The Balaban J connectivity index is 4.14. The molecule has 100 valence electrons. The molecular weight excluding hydrogens is 220 g/mol. The molecule has 17 heavy (non-hydrogen) atoms. The molecule has 0 bridgehead atoms. The zero-order chi connectivity index (χ0) is 13.1. The number of carbonyl (C=O) groups excluding carboxylic acids is 1. The highest BCUT2D eigenvalue weighted by Gasteiger charge is 2.03. The maximum atomic E-state index is 11.4. The lowest BCUT2D eigenvalue weighted by atomic mass is 10.5. The fourth-order valence-electron chi connectivity index (χ4n) is 0.977. The second-order valence-electron chi connectivity index (χ2n) is 3.80. The van der Waals surface area contributed by atoms with Gasteiger partial charge in [0.05, 0.1) is 6.61 Å². The van der Waals surface area contributed by atoms with E-state index in [1.807, 2.05) is 0 Å². The number of guanidine groups is 1. The predicted octanol–water partition coefficient (Wildman–Crippen LogP) is -0.334. The molecule has 6 heteroatoms. The van der Waals surface area contributed by atoms with Crippen molar-refractivity contribution in [2.24, 2.45) is 4.99 Å². The summed E-state index contributed by atoms with van der Waals surface area (Å²) in [5.41, 5.74) is 0. The lowest BCUT2D eigenvalue weighted by molar-refractivity contribution is -0.127. The number of carbonyl (C=O) groups is 1. The number of aliphatic imine (C=N–C) groups is 1. The van der Waals surface area contributed by atoms with Crippen LogP contribution in [0.5, 0.6) is 0 Å². The van der Waals surface area contributed by atoms with Crippen LogP contribution in [0.25, 0.3) is 0 Å². The Labute approximate surface area is 103 Å². The SMILES string of the molecule is CCCNC(=NCC(=O)N(C)C)NCCOC. The fourth-order valence-corrected chi connectivity index (χ4v) is 0.977. The van der Waals surface area contributed by atoms with Crippen molar-refractivity contribution in [2.45, 2.75) is 13.3 Å². The van der Waals surface area contributed by atoms with Crippen molar-refractivity contribution in [3.63, 3.8) is 0 Å². The van der Waals surface area contributed by atoms with Crippen LogP contribution in [-0.2, 0) is 9.53 Å². The van der Waals surface area contributed by atoms with E-state index in [-0.39, 0.29) is 12.5 Å². The van der Waals surface area contributed by atoms with Crippen molar-refractivity contribution < 1.29 is 9.53 Å². The second kappa shape index (κ2) is 9.89. The van der Waals surface area contributed by atoms with Gasteiger partial charge in [0.2, 0.25) is 5.91 Å². The molecule has 0 unspecified atom stereocenters. The number of amides is 1. The van der Waals surface area contributed by atoms with Crippen LogP contribution in [0.1, 0.15) is 13.3 Å². The maximum absolute atomic E-state index is 11.4. The summed E-state index contributed by atoms with van der Waals surface area (Å²) in [4.78, 5) is 17.1. The molecular formula is C11H24N4O2. The van der Waals surface area contributed by atoms with Gasteiger partial charge >= 0.3 is 0 Å². The molecule has 1 amide bonds. The smallest absolute Gasteiger partial charge is 0.243 e. The molecule has 2 N–H and O–H groups in total. The summed E-state index contributed by atoms with van der Waals surface area (Å²) in [5, 5.41) is 6.23. The van der Waals surface area contributed by atoms with Gasteiger partial charge in [0.1, 0.15) is 6.54 Å². The number of hydrogen-bond donors (Lipinski definition) is 2. The standard InChI is InChI=1S/C11H24N4O2/c1-5-6-12-11(13-7-8-17-4)14-9-10(16)15(2)3/h5-9H2,1-4H3,(H2,12,13,14). The van der Waals surface area contributed by atoms with Gasteiger partial charge < -0.3 is 20.3 Å². The average Bonchev–Trinajstić information content (AvgIpc) is 2.31. The molecule has 0 aliphatic heterocycles. The zero-order valence-electron chi connectivity index (χ0n) is 11.2. The molecule has 0 heterocycles. The lowest BCUT2D eigenvalue weighted by Gasteiger charge is -2.12. The van der Waals surface area contributed by atoms with E-state index in [4.69, 9.17) is 4.74 Å². The summed E-state index contributed by atoms with van der Waals surface area (Å²) in [6.07, 6.45) is 1.01.